The van der Waals surface area contributed by atoms with Gasteiger partial charge in [0.2, 0.25) is 0 Å². The molecule has 3 aromatic carbocycles. The van der Waals surface area contributed by atoms with Crippen LogP contribution in [0.5, 0.6) is 0 Å². The third-order valence-electron chi connectivity index (χ3n) is 4.93. The Balaban J connectivity index is 1.77. The second kappa shape index (κ2) is 9.06. The summed E-state index contributed by atoms with van der Waals surface area (Å²) in [4.78, 5) is 31.2. The highest BCUT2D eigenvalue weighted by Crippen LogP contribution is 2.35. The molecule has 0 fully saturated rings. The molecule has 0 bridgehead atoms. The molecule has 2 N–H and O–H groups in total. The van der Waals surface area contributed by atoms with E-state index in [0.717, 1.165) is 22.3 Å². The van der Waals surface area contributed by atoms with Crippen LogP contribution in [0.3, 0.4) is 0 Å². The van der Waals surface area contributed by atoms with Crippen LogP contribution in [0.4, 0.5) is 5.69 Å². The molecule has 1 heterocycles. The van der Waals surface area contributed by atoms with Crippen LogP contribution in [0.15, 0.2) is 96.1 Å². The van der Waals surface area contributed by atoms with Crippen LogP contribution in [0.1, 0.15) is 26.4 Å². The zero-order chi connectivity index (χ0) is 22.5. The summed E-state index contributed by atoms with van der Waals surface area (Å²) in [5.41, 5.74) is 5.21. The van der Waals surface area contributed by atoms with Gasteiger partial charge in [0.15, 0.2) is 0 Å². The molecule has 6 nitrogen and oxygen atoms in total. The molecule has 0 saturated carbocycles. The van der Waals surface area contributed by atoms with Crippen molar-refractivity contribution in [1.82, 2.24) is 4.98 Å². The maximum absolute atomic E-state index is 11.2. The van der Waals surface area contributed by atoms with Crippen molar-refractivity contribution in [3.05, 3.63) is 108 Å². The summed E-state index contributed by atoms with van der Waals surface area (Å²) in [6, 6.07) is 24.6. The standard InChI is InChI=1S/C26H18N2O4/c29-25(30)19-8-4-17(5-9-19)21-12-13-23(18-6-10-20(11-7-18)26(31)32)24(15-21)28-16-22-3-1-2-14-27-22/h1-16H,(H,29,30)(H,31,32). The van der Waals surface area contributed by atoms with Crippen molar-refractivity contribution < 1.29 is 19.8 Å². The number of aromatic nitrogens is 1. The van der Waals surface area contributed by atoms with E-state index in [1.54, 1.807) is 60.9 Å². The topological polar surface area (TPSA) is 99.8 Å². The molecule has 0 saturated heterocycles. The van der Waals surface area contributed by atoms with Gasteiger partial charge in [-0.25, -0.2) is 9.59 Å². The average molecular weight is 422 g/mol. The van der Waals surface area contributed by atoms with Crippen molar-refractivity contribution in [2.24, 2.45) is 4.99 Å². The van der Waals surface area contributed by atoms with Gasteiger partial charge in [0.25, 0.3) is 0 Å². The van der Waals surface area contributed by atoms with Gasteiger partial charge in [-0.1, -0.05) is 42.5 Å². The largest absolute Gasteiger partial charge is 0.478 e. The zero-order valence-electron chi connectivity index (χ0n) is 16.8. The van der Waals surface area contributed by atoms with E-state index in [9.17, 15) is 9.59 Å². The van der Waals surface area contributed by atoms with Crippen molar-refractivity contribution in [1.29, 1.82) is 0 Å². The maximum atomic E-state index is 11.2. The van der Waals surface area contributed by atoms with Crippen molar-refractivity contribution in [3.8, 4) is 22.3 Å². The number of aromatic carboxylic acids is 2. The van der Waals surface area contributed by atoms with E-state index in [1.807, 2.05) is 36.4 Å². The molecule has 0 atom stereocenters. The van der Waals surface area contributed by atoms with Gasteiger partial charge < -0.3 is 10.2 Å². The molecule has 0 unspecified atom stereocenters. The number of carboxylic acids is 2. The van der Waals surface area contributed by atoms with Crippen LogP contribution in [0, 0.1) is 0 Å². The average Bonchev–Trinajstić information content (AvgIpc) is 2.83. The number of hydrogen-bond acceptors (Lipinski definition) is 4. The smallest absolute Gasteiger partial charge is 0.335 e. The molecule has 0 amide bonds. The quantitative estimate of drug-likeness (QED) is 0.396. The van der Waals surface area contributed by atoms with Crippen LogP contribution in [0.2, 0.25) is 0 Å². The lowest BCUT2D eigenvalue weighted by Crippen LogP contribution is -1.95. The number of benzene rings is 3. The predicted octanol–water partition coefficient (Wildman–Crippen LogP) is 5.56. The second-order valence-electron chi connectivity index (χ2n) is 7.01. The summed E-state index contributed by atoms with van der Waals surface area (Å²) in [7, 11) is 0. The molecule has 0 aliphatic carbocycles. The number of pyridine rings is 1. The lowest BCUT2D eigenvalue weighted by atomic mass is 9.97. The minimum absolute atomic E-state index is 0.211. The van der Waals surface area contributed by atoms with Crippen molar-refractivity contribution in [2.45, 2.75) is 0 Å². The Labute approximate surface area is 184 Å². The molecular weight excluding hydrogens is 404 g/mol. The van der Waals surface area contributed by atoms with Crippen LogP contribution in [-0.2, 0) is 0 Å². The van der Waals surface area contributed by atoms with E-state index in [2.05, 4.69) is 9.98 Å². The van der Waals surface area contributed by atoms with Gasteiger partial charge in [-0.2, -0.15) is 0 Å². The number of carboxylic acid groups (broad SMARTS) is 2. The van der Waals surface area contributed by atoms with Gasteiger partial charge in [-0.15, -0.1) is 0 Å². The lowest BCUT2D eigenvalue weighted by Gasteiger charge is -2.10. The van der Waals surface area contributed by atoms with Crippen LogP contribution < -0.4 is 0 Å². The molecule has 6 heteroatoms. The fraction of sp³-hybridized carbons (Fsp3) is 0. The molecule has 156 valence electrons. The Morgan fingerprint density at radius 3 is 1.88 bits per heavy atom. The molecule has 0 aliphatic rings. The molecule has 32 heavy (non-hydrogen) atoms. The molecule has 4 aromatic rings. The number of rotatable bonds is 6. The van der Waals surface area contributed by atoms with E-state index in [4.69, 9.17) is 10.2 Å². The third kappa shape index (κ3) is 4.60. The number of carbonyl (C=O) groups is 2. The molecule has 4 rings (SSSR count). The Kier molecular flexibility index (Phi) is 5.85. The zero-order valence-corrected chi connectivity index (χ0v) is 16.8. The lowest BCUT2D eigenvalue weighted by molar-refractivity contribution is 0.0686. The summed E-state index contributed by atoms with van der Waals surface area (Å²) in [5.74, 6) is -1.96. The predicted molar refractivity (Wildman–Crippen MR) is 123 cm³/mol. The summed E-state index contributed by atoms with van der Waals surface area (Å²) in [6.45, 7) is 0. The van der Waals surface area contributed by atoms with E-state index in [1.165, 1.54) is 0 Å². The first-order valence-electron chi connectivity index (χ1n) is 9.78. The van der Waals surface area contributed by atoms with E-state index in [0.29, 0.717) is 11.4 Å². The van der Waals surface area contributed by atoms with Gasteiger partial charge in [-0.3, -0.25) is 9.98 Å². The molecule has 1 aromatic heterocycles. The highest BCUT2D eigenvalue weighted by molar-refractivity contribution is 5.91. The van der Waals surface area contributed by atoms with E-state index < -0.39 is 11.9 Å². The van der Waals surface area contributed by atoms with E-state index >= 15 is 0 Å². The Bertz CT molecular complexity index is 1300. The summed E-state index contributed by atoms with van der Waals surface area (Å²) < 4.78 is 0. The first-order valence-corrected chi connectivity index (χ1v) is 9.78. The Morgan fingerprint density at radius 1 is 0.719 bits per heavy atom. The van der Waals surface area contributed by atoms with E-state index in [-0.39, 0.29) is 11.1 Å². The van der Waals surface area contributed by atoms with Crippen molar-refractivity contribution >= 4 is 23.8 Å². The minimum Gasteiger partial charge on any atom is -0.478 e. The molecular formula is C26H18N2O4. The first kappa shape index (κ1) is 20.7. The second-order valence-corrected chi connectivity index (χ2v) is 7.01. The maximum Gasteiger partial charge on any atom is 0.335 e. The SMILES string of the molecule is O=C(O)c1ccc(-c2ccc(-c3ccc(C(=O)O)cc3)c(N=Cc3ccccn3)c2)cc1. The normalized spacial score (nSPS) is 10.9. The fourth-order valence-electron chi connectivity index (χ4n) is 3.25. The van der Waals surface area contributed by atoms with Gasteiger partial charge in [-0.05, 0) is 59.2 Å². The highest BCUT2D eigenvalue weighted by atomic mass is 16.4. The van der Waals surface area contributed by atoms with Gasteiger partial charge in [0.05, 0.1) is 28.7 Å². The number of hydrogen-bond donors (Lipinski definition) is 2. The number of aliphatic imine (C=N–C) groups is 1. The van der Waals surface area contributed by atoms with Crippen molar-refractivity contribution in [3.63, 3.8) is 0 Å². The Hall–Kier alpha value is -4.58. The highest BCUT2D eigenvalue weighted by Gasteiger charge is 2.10. The Morgan fingerprint density at radius 2 is 1.31 bits per heavy atom. The van der Waals surface area contributed by atoms with Crippen LogP contribution in [0.25, 0.3) is 22.3 Å². The monoisotopic (exact) mass is 422 g/mol. The third-order valence-corrected chi connectivity index (χ3v) is 4.93. The van der Waals surface area contributed by atoms with Gasteiger partial charge in [0, 0.05) is 11.8 Å². The fourth-order valence-corrected chi connectivity index (χ4v) is 3.25. The summed E-state index contributed by atoms with van der Waals surface area (Å²) in [5, 5.41) is 18.3. The molecule has 0 spiro atoms. The minimum atomic E-state index is -0.981. The summed E-state index contributed by atoms with van der Waals surface area (Å²) in [6.07, 6.45) is 3.36. The number of nitrogens with zero attached hydrogens (tertiary/aromatic N) is 2. The summed E-state index contributed by atoms with van der Waals surface area (Å²) >= 11 is 0. The van der Waals surface area contributed by atoms with Gasteiger partial charge >= 0.3 is 11.9 Å². The first-order chi connectivity index (χ1) is 15.5. The van der Waals surface area contributed by atoms with Gasteiger partial charge in [0.1, 0.15) is 0 Å². The van der Waals surface area contributed by atoms with Crippen LogP contribution in [-0.4, -0.2) is 33.4 Å². The van der Waals surface area contributed by atoms with Crippen molar-refractivity contribution in [2.75, 3.05) is 0 Å². The van der Waals surface area contributed by atoms with Crippen LogP contribution >= 0.6 is 0 Å². The molecule has 0 aliphatic heterocycles. The molecule has 0 radical (unpaired) electrons.